The van der Waals surface area contributed by atoms with Crippen molar-refractivity contribution in [3.05, 3.63) is 33.9 Å². The summed E-state index contributed by atoms with van der Waals surface area (Å²) in [5.41, 5.74) is 1.93. The van der Waals surface area contributed by atoms with Crippen molar-refractivity contribution in [2.75, 3.05) is 18.1 Å². The third kappa shape index (κ3) is 6.11. The number of fused-ring (bicyclic) bond motifs is 1. The van der Waals surface area contributed by atoms with Gasteiger partial charge in [0.05, 0.1) is 29.0 Å². The van der Waals surface area contributed by atoms with Gasteiger partial charge in [0.25, 0.3) is 0 Å². The maximum Gasteiger partial charge on any atom is 0.490 e. The van der Waals surface area contributed by atoms with Crippen molar-refractivity contribution in [2.45, 2.75) is 57.7 Å². The summed E-state index contributed by atoms with van der Waals surface area (Å²) in [4.78, 5) is 15.7. The Labute approximate surface area is 181 Å². The highest BCUT2D eigenvalue weighted by Crippen LogP contribution is 2.33. The van der Waals surface area contributed by atoms with Crippen LogP contribution in [0, 0.1) is 13.8 Å². The van der Waals surface area contributed by atoms with Crippen molar-refractivity contribution >= 4 is 23.1 Å². The fourth-order valence-electron chi connectivity index (χ4n) is 3.53. The zero-order valence-corrected chi connectivity index (χ0v) is 17.8. The molecular formula is C19H23F3N4O4S. The highest BCUT2D eigenvalue weighted by atomic mass is 32.1. The third-order valence-corrected chi connectivity index (χ3v) is 5.73. The first-order valence-corrected chi connectivity index (χ1v) is 10.5. The summed E-state index contributed by atoms with van der Waals surface area (Å²) in [6, 6.07) is 4.37. The van der Waals surface area contributed by atoms with Crippen LogP contribution in [0.25, 0.3) is 0 Å². The van der Waals surface area contributed by atoms with Gasteiger partial charge in [-0.3, -0.25) is 0 Å². The highest BCUT2D eigenvalue weighted by molar-refractivity contribution is 7.09. The Morgan fingerprint density at radius 2 is 2.10 bits per heavy atom. The van der Waals surface area contributed by atoms with Gasteiger partial charge in [-0.2, -0.15) is 18.3 Å². The van der Waals surface area contributed by atoms with E-state index in [1.54, 1.807) is 11.3 Å². The topological polar surface area (TPSA) is 97.7 Å². The van der Waals surface area contributed by atoms with E-state index in [0.717, 1.165) is 48.2 Å². The van der Waals surface area contributed by atoms with Gasteiger partial charge < -0.3 is 19.5 Å². The number of aryl methyl sites for hydroxylation is 2. The fourth-order valence-corrected chi connectivity index (χ4v) is 4.13. The Morgan fingerprint density at radius 3 is 2.68 bits per heavy atom. The van der Waals surface area contributed by atoms with Crippen LogP contribution in [0.15, 0.2) is 17.5 Å². The highest BCUT2D eigenvalue weighted by Gasteiger charge is 2.45. The molecule has 0 spiro atoms. The summed E-state index contributed by atoms with van der Waals surface area (Å²) in [6.07, 6.45) is -2.76. The van der Waals surface area contributed by atoms with Crippen molar-refractivity contribution < 1.29 is 32.5 Å². The molecule has 2 aliphatic rings. The lowest BCUT2D eigenvalue weighted by Crippen LogP contribution is -2.42. The summed E-state index contributed by atoms with van der Waals surface area (Å²) in [7, 11) is 0. The second-order valence-corrected chi connectivity index (χ2v) is 8.30. The normalized spacial score (nSPS) is 23.1. The van der Waals surface area contributed by atoms with Crippen LogP contribution >= 0.6 is 11.3 Å². The molecule has 0 amide bonds. The molecule has 2 aromatic heterocycles. The minimum absolute atomic E-state index is 0.0420. The van der Waals surface area contributed by atoms with Crippen molar-refractivity contribution in [2.24, 2.45) is 0 Å². The van der Waals surface area contributed by atoms with Gasteiger partial charge in [0.1, 0.15) is 12.2 Å². The maximum absolute atomic E-state index is 10.6. The second-order valence-electron chi connectivity index (χ2n) is 7.24. The van der Waals surface area contributed by atoms with Crippen LogP contribution < -0.4 is 4.90 Å². The molecule has 8 nitrogen and oxygen atoms in total. The van der Waals surface area contributed by atoms with E-state index < -0.39 is 12.1 Å². The Morgan fingerprint density at radius 1 is 1.35 bits per heavy atom. The number of ether oxygens (including phenoxy) is 2. The molecule has 0 bridgehead atoms. The lowest BCUT2D eigenvalue weighted by molar-refractivity contribution is -0.192. The number of alkyl halides is 3. The molecule has 2 saturated heterocycles. The van der Waals surface area contributed by atoms with Crippen molar-refractivity contribution in [3.63, 3.8) is 0 Å². The van der Waals surface area contributed by atoms with Crippen LogP contribution in [-0.4, -0.2) is 63.8 Å². The molecule has 0 saturated carbocycles. The van der Waals surface area contributed by atoms with Crippen LogP contribution in [0.4, 0.5) is 19.0 Å². The number of nitrogens with zero attached hydrogens (tertiary/aromatic N) is 4. The number of carbonyl (C=O) groups is 1. The van der Waals surface area contributed by atoms with E-state index in [0.29, 0.717) is 12.6 Å². The molecule has 170 valence electrons. The van der Waals surface area contributed by atoms with Crippen LogP contribution in [0.1, 0.15) is 29.2 Å². The van der Waals surface area contributed by atoms with E-state index in [9.17, 15) is 13.2 Å². The smallest absolute Gasteiger partial charge is 0.475 e. The molecule has 2 aliphatic heterocycles. The molecule has 4 heterocycles. The average molecular weight is 460 g/mol. The molecule has 0 unspecified atom stereocenters. The van der Waals surface area contributed by atoms with Gasteiger partial charge in [-0.05, 0) is 38.8 Å². The van der Waals surface area contributed by atoms with E-state index in [2.05, 4.69) is 25.5 Å². The molecular weight excluding hydrogens is 437 g/mol. The Hall–Kier alpha value is -2.31. The monoisotopic (exact) mass is 460 g/mol. The van der Waals surface area contributed by atoms with Gasteiger partial charge in [-0.25, -0.2) is 9.78 Å². The van der Waals surface area contributed by atoms with E-state index in [-0.39, 0.29) is 12.2 Å². The van der Waals surface area contributed by atoms with Gasteiger partial charge in [-0.1, -0.05) is 0 Å². The number of carboxylic acid groups (broad SMARTS) is 1. The molecule has 0 radical (unpaired) electrons. The number of thiazole rings is 1. The van der Waals surface area contributed by atoms with Crippen LogP contribution in [0.2, 0.25) is 0 Å². The van der Waals surface area contributed by atoms with E-state index in [4.69, 9.17) is 19.4 Å². The number of aliphatic carboxylic acids is 1. The van der Waals surface area contributed by atoms with Crippen molar-refractivity contribution in [1.82, 2.24) is 15.2 Å². The third-order valence-electron chi connectivity index (χ3n) is 4.91. The minimum Gasteiger partial charge on any atom is -0.475 e. The van der Waals surface area contributed by atoms with E-state index in [1.807, 2.05) is 26.0 Å². The summed E-state index contributed by atoms with van der Waals surface area (Å²) >= 11 is 1.66. The Bertz CT molecular complexity index is 878. The SMILES string of the molecule is Cc1ccc(N2C[C@@H](OCc3csc(C)n3)[C@H]3OCCC[C@H]32)nn1.O=C(O)C(F)(F)F. The van der Waals surface area contributed by atoms with Crippen molar-refractivity contribution in [3.8, 4) is 0 Å². The molecule has 31 heavy (non-hydrogen) atoms. The first kappa shape index (κ1) is 23.4. The quantitative estimate of drug-likeness (QED) is 0.743. The van der Waals surface area contributed by atoms with Gasteiger partial charge in [-0.15, -0.1) is 16.4 Å². The summed E-state index contributed by atoms with van der Waals surface area (Å²) in [6.45, 7) is 6.10. The standard InChI is InChI=1S/C17H22N4O2S.C2HF3O2/c1-11-5-6-16(20-19-11)21-8-15(17-14(21)4-3-7-22-17)23-9-13-10-24-12(2)18-13;3-2(4,5)1(6)7/h5-6,10,14-15,17H,3-4,7-9H2,1-2H3;(H,6,7)/t14-,15-,17+;/m1./s1. The Balaban J connectivity index is 0.000000339. The molecule has 2 fully saturated rings. The fraction of sp³-hybridized carbons (Fsp3) is 0.579. The van der Waals surface area contributed by atoms with Crippen LogP contribution in [0.5, 0.6) is 0 Å². The molecule has 0 aliphatic carbocycles. The minimum atomic E-state index is -5.08. The van der Waals surface area contributed by atoms with Crippen LogP contribution in [0.3, 0.4) is 0 Å². The van der Waals surface area contributed by atoms with Crippen molar-refractivity contribution in [1.29, 1.82) is 0 Å². The van der Waals surface area contributed by atoms with E-state index in [1.165, 1.54) is 0 Å². The first-order valence-electron chi connectivity index (χ1n) is 9.66. The summed E-state index contributed by atoms with van der Waals surface area (Å²) in [5, 5.41) is 18.8. The molecule has 3 atom stereocenters. The average Bonchev–Trinajstić information content (AvgIpc) is 3.30. The number of anilines is 1. The zero-order valence-electron chi connectivity index (χ0n) is 17.0. The largest absolute Gasteiger partial charge is 0.490 e. The number of rotatable bonds is 4. The summed E-state index contributed by atoms with van der Waals surface area (Å²) < 4.78 is 44.0. The predicted octanol–water partition coefficient (Wildman–Crippen LogP) is 3.14. The van der Waals surface area contributed by atoms with Gasteiger partial charge in [0, 0.05) is 18.5 Å². The van der Waals surface area contributed by atoms with E-state index >= 15 is 0 Å². The number of halogens is 3. The predicted molar refractivity (Wildman–Crippen MR) is 106 cm³/mol. The van der Waals surface area contributed by atoms with Crippen LogP contribution in [-0.2, 0) is 20.9 Å². The molecule has 2 aromatic rings. The second kappa shape index (κ2) is 9.88. The Kier molecular flexibility index (Phi) is 7.44. The van der Waals surface area contributed by atoms with Gasteiger partial charge in [0.2, 0.25) is 0 Å². The zero-order chi connectivity index (χ0) is 22.6. The molecule has 4 rings (SSSR count). The maximum atomic E-state index is 10.6. The van der Waals surface area contributed by atoms with Gasteiger partial charge >= 0.3 is 12.1 Å². The number of carboxylic acids is 1. The molecule has 12 heteroatoms. The lowest BCUT2D eigenvalue weighted by Gasteiger charge is -2.32. The number of hydrogen-bond donors (Lipinski definition) is 1. The lowest BCUT2D eigenvalue weighted by atomic mass is 10.0. The summed E-state index contributed by atoms with van der Waals surface area (Å²) in [5.74, 6) is -1.84. The molecule has 0 aromatic carbocycles. The molecule has 1 N–H and O–H groups in total. The number of hydrogen-bond acceptors (Lipinski definition) is 8. The van der Waals surface area contributed by atoms with Gasteiger partial charge in [0.15, 0.2) is 5.82 Å². The first-order chi connectivity index (χ1) is 14.6. The number of aromatic nitrogens is 3.